The minimum Gasteiger partial charge on any atom is -0.496 e. The van der Waals surface area contributed by atoms with Gasteiger partial charge >= 0.3 is 5.69 Å². The Hall–Kier alpha value is -3.36. The van der Waals surface area contributed by atoms with Crippen LogP contribution in [0.15, 0.2) is 63.5 Å². The molecular weight excluding hydrogens is 450 g/mol. The van der Waals surface area contributed by atoms with Gasteiger partial charge in [-0.1, -0.05) is 35.9 Å². The number of para-hydroxylation sites is 1. The van der Waals surface area contributed by atoms with Crippen molar-refractivity contribution in [2.75, 3.05) is 12.4 Å². The van der Waals surface area contributed by atoms with Crippen molar-refractivity contribution in [3.05, 3.63) is 90.9 Å². The standard InChI is InChI=1S/C23H20ClN3O4S/c1-14-16(24)7-5-8-17(14)25-20(28)13-26-18-10-11-32-21(18)22(29)27(23(26)30)12-15-6-3-4-9-19(15)31-2/h3-11H,12-13H2,1-2H3,(H,25,28). The quantitative estimate of drug-likeness (QED) is 0.464. The summed E-state index contributed by atoms with van der Waals surface area (Å²) in [5.41, 5.74) is 1.46. The van der Waals surface area contributed by atoms with Crippen LogP contribution in [0.25, 0.3) is 10.2 Å². The lowest BCUT2D eigenvalue weighted by Crippen LogP contribution is -2.41. The topological polar surface area (TPSA) is 82.3 Å². The molecular formula is C23H20ClN3O4S. The van der Waals surface area contributed by atoms with Gasteiger partial charge in [-0.15, -0.1) is 11.3 Å². The van der Waals surface area contributed by atoms with Gasteiger partial charge in [-0.3, -0.25) is 18.7 Å². The molecule has 1 amide bonds. The number of thiophene rings is 1. The fourth-order valence-corrected chi connectivity index (χ4v) is 4.52. The van der Waals surface area contributed by atoms with Crippen LogP contribution in [-0.4, -0.2) is 22.2 Å². The lowest BCUT2D eigenvalue weighted by Gasteiger charge is -2.14. The summed E-state index contributed by atoms with van der Waals surface area (Å²) in [6.07, 6.45) is 0. The molecule has 0 spiro atoms. The number of amides is 1. The van der Waals surface area contributed by atoms with Crippen molar-refractivity contribution in [3.63, 3.8) is 0 Å². The molecule has 32 heavy (non-hydrogen) atoms. The highest BCUT2D eigenvalue weighted by Gasteiger charge is 2.18. The second kappa shape index (κ2) is 9.02. The Morgan fingerprint density at radius 1 is 1.09 bits per heavy atom. The molecule has 2 heterocycles. The van der Waals surface area contributed by atoms with E-state index in [0.717, 1.165) is 10.1 Å². The molecule has 2 aromatic heterocycles. The normalized spacial score (nSPS) is 11.0. The monoisotopic (exact) mass is 469 g/mol. The number of anilines is 1. The number of ether oxygens (including phenoxy) is 1. The average molecular weight is 470 g/mol. The van der Waals surface area contributed by atoms with Crippen molar-refractivity contribution in [3.8, 4) is 5.75 Å². The number of carbonyl (C=O) groups excluding carboxylic acids is 1. The molecule has 4 rings (SSSR count). The number of nitrogens with one attached hydrogen (secondary N) is 1. The fourth-order valence-electron chi connectivity index (χ4n) is 3.51. The van der Waals surface area contributed by atoms with Gasteiger partial charge in [0.25, 0.3) is 5.56 Å². The molecule has 0 saturated carbocycles. The van der Waals surface area contributed by atoms with Crippen LogP contribution >= 0.6 is 22.9 Å². The van der Waals surface area contributed by atoms with Gasteiger partial charge in [0.05, 0.1) is 19.2 Å². The number of benzene rings is 2. The molecule has 0 aliphatic rings. The van der Waals surface area contributed by atoms with Crippen LogP contribution in [-0.2, 0) is 17.9 Å². The van der Waals surface area contributed by atoms with Crippen molar-refractivity contribution in [2.45, 2.75) is 20.0 Å². The Balaban J connectivity index is 1.74. The van der Waals surface area contributed by atoms with Gasteiger partial charge in [-0.05, 0) is 42.1 Å². The van der Waals surface area contributed by atoms with Gasteiger partial charge in [0.15, 0.2) is 0 Å². The first-order valence-corrected chi connectivity index (χ1v) is 11.0. The zero-order chi connectivity index (χ0) is 22.8. The van der Waals surface area contributed by atoms with Gasteiger partial charge in [-0.2, -0.15) is 0 Å². The van der Waals surface area contributed by atoms with Crippen molar-refractivity contribution < 1.29 is 9.53 Å². The third-order valence-electron chi connectivity index (χ3n) is 5.20. The van der Waals surface area contributed by atoms with Crippen LogP contribution in [0.5, 0.6) is 5.75 Å². The molecule has 2 aromatic carbocycles. The fraction of sp³-hybridized carbons (Fsp3) is 0.174. The summed E-state index contributed by atoms with van der Waals surface area (Å²) >= 11 is 7.37. The second-order valence-corrected chi connectivity index (χ2v) is 8.49. The number of rotatable bonds is 6. The van der Waals surface area contributed by atoms with Gasteiger partial charge in [0.2, 0.25) is 5.91 Å². The van der Waals surface area contributed by atoms with E-state index in [1.54, 1.807) is 48.7 Å². The molecule has 9 heteroatoms. The van der Waals surface area contributed by atoms with Crippen LogP contribution in [0.2, 0.25) is 5.02 Å². The highest BCUT2D eigenvalue weighted by atomic mass is 35.5. The second-order valence-electron chi connectivity index (χ2n) is 7.17. The molecule has 0 aliphatic carbocycles. The maximum absolute atomic E-state index is 13.3. The predicted molar refractivity (Wildman–Crippen MR) is 127 cm³/mol. The van der Waals surface area contributed by atoms with Gasteiger partial charge in [-0.25, -0.2) is 4.79 Å². The SMILES string of the molecule is COc1ccccc1Cn1c(=O)c2sccc2n(CC(=O)Nc2cccc(Cl)c2C)c1=O. The van der Waals surface area contributed by atoms with Crippen LogP contribution in [0, 0.1) is 6.92 Å². The summed E-state index contributed by atoms with van der Waals surface area (Å²) in [6.45, 7) is 1.59. The molecule has 0 fully saturated rings. The largest absolute Gasteiger partial charge is 0.496 e. The molecule has 4 aromatic rings. The van der Waals surface area contributed by atoms with E-state index in [2.05, 4.69) is 5.32 Å². The van der Waals surface area contributed by atoms with E-state index in [1.165, 1.54) is 23.0 Å². The van der Waals surface area contributed by atoms with Crippen molar-refractivity contribution in [1.29, 1.82) is 0 Å². The van der Waals surface area contributed by atoms with Gasteiger partial charge in [0.1, 0.15) is 17.0 Å². The van der Waals surface area contributed by atoms with Crippen LogP contribution < -0.4 is 21.3 Å². The first-order valence-electron chi connectivity index (χ1n) is 9.78. The summed E-state index contributed by atoms with van der Waals surface area (Å²) in [6, 6.07) is 14.1. The molecule has 1 N–H and O–H groups in total. The highest BCUT2D eigenvalue weighted by molar-refractivity contribution is 7.17. The van der Waals surface area contributed by atoms with Crippen LogP contribution in [0.1, 0.15) is 11.1 Å². The van der Waals surface area contributed by atoms with Gasteiger partial charge < -0.3 is 10.1 Å². The van der Waals surface area contributed by atoms with Crippen molar-refractivity contribution >= 4 is 44.7 Å². The zero-order valence-corrected chi connectivity index (χ0v) is 19.0. The lowest BCUT2D eigenvalue weighted by atomic mass is 10.2. The number of nitrogens with zero attached hydrogens (tertiary/aromatic N) is 2. The molecule has 7 nitrogen and oxygen atoms in total. The smallest absolute Gasteiger partial charge is 0.332 e. The first kappa shape index (κ1) is 21.9. The Bertz CT molecular complexity index is 1440. The summed E-state index contributed by atoms with van der Waals surface area (Å²) < 4.78 is 8.21. The number of hydrogen-bond acceptors (Lipinski definition) is 5. The summed E-state index contributed by atoms with van der Waals surface area (Å²) in [7, 11) is 1.53. The molecule has 0 bridgehead atoms. The number of fused-ring (bicyclic) bond motifs is 1. The molecule has 0 saturated heterocycles. The Morgan fingerprint density at radius 2 is 1.88 bits per heavy atom. The maximum Gasteiger partial charge on any atom is 0.332 e. The third kappa shape index (κ3) is 4.06. The minimum absolute atomic E-state index is 0.0323. The number of carbonyl (C=O) groups is 1. The maximum atomic E-state index is 13.3. The number of aromatic nitrogens is 2. The van der Waals surface area contributed by atoms with E-state index in [4.69, 9.17) is 16.3 Å². The van der Waals surface area contributed by atoms with E-state index in [0.29, 0.717) is 32.2 Å². The van der Waals surface area contributed by atoms with E-state index < -0.39 is 17.2 Å². The first-order chi connectivity index (χ1) is 15.4. The van der Waals surface area contributed by atoms with Crippen molar-refractivity contribution in [2.24, 2.45) is 0 Å². The van der Waals surface area contributed by atoms with E-state index in [-0.39, 0.29) is 13.1 Å². The molecule has 0 unspecified atom stereocenters. The van der Waals surface area contributed by atoms with E-state index in [1.807, 2.05) is 12.1 Å². The third-order valence-corrected chi connectivity index (χ3v) is 6.50. The van der Waals surface area contributed by atoms with E-state index in [9.17, 15) is 14.4 Å². The van der Waals surface area contributed by atoms with Crippen molar-refractivity contribution in [1.82, 2.24) is 9.13 Å². The molecule has 0 atom stereocenters. The van der Waals surface area contributed by atoms with E-state index >= 15 is 0 Å². The summed E-state index contributed by atoms with van der Waals surface area (Å²) in [5.74, 6) is 0.179. The Labute approximate surface area is 192 Å². The molecule has 164 valence electrons. The van der Waals surface area contributed by atoms with Crippen LogP contribution in [0.4, 0.5) is 5.69 Å². The zero-order valence-electron chi connectivity index (χ0n) is 17.4. The minimum atomic E-state index is -0.565. The number of hydrogen-bond donors (Lipinski definition) is 1. The highest BCUT2D eigenvalue weighted by Crippen LogP contribution is 2.23. The summed E-state index contributed by atoms with van der Waals surface area (Å²) in [4.78, 5) is 39.1. The number of halogens is 1. The summed E-state index contributed by atoms with van der Waals surface area (Å²) in [5, 5.41) is 5.06. The predicted octanol–water partition coefficient (Wildman–Crippen LogP) is 3.88. The lowest BCUT2D eigenvalue weighted by molar-refractivity contribution is -0.116. The van der Waals surface area contributed by atoms with Gasteiger partial charge in [0, 0.05) is 16.3 Å². The van der Waals surface area contributed by atoms with Crippen LogP contribution in [0.3, 0.4) is 0 Å². The average Bonchev–Trinajstić information content (AvgIpc) is 3.28. The Kier molecular flexibility index (Phi) is 6.16. The Morgan fingerprint density at radius 3 is 2.66 bits per heavy atom. The molecule has 0 aliphatic heterocycles. The number of methoxy groups -OCH3 is 1. The molecule has 0 radical (unpaired) electrons.